The average Bonchev–Trinajstić information content (AvgIpc) is 3.15. The zero-order valence-electron chi connectivity index (χ0n) is 16.6. The Morgan fingerprint density at radius 1 is 1.39 bits per heavy atom. The van der Waals surface area contributed by atoms with E-state index in [0.29, 0.717) is 24.6 Å². The highest BCUT2D eigenvalue weighted by molar-refractivity contribution is 7.10. The summed E-state index contributed by atoms with van der Waals surface area (Å²) >= 11 is 1.76. The number of aliphatic imine (C=N–C) groups is 1. The maximum absolute atomic E-state index is 13.8. The molecule has 2 aromatic rings. The van der Waals surface area contributed by atoms with Gasteiger partial charge in [0.2, 0.25) is 5.91 Å². The van der Waals surface area contributed by atoms with Crippen LogP contribution in [0.5, 0.6) is 0 Å². The molecule has 1 unspecified atom stereocenters. The normalized spacial score (nSPS) is 15.1. The summed E-state index contributed by atoms with van der Waals surface area (Å²) in [5.74, 6) is 0.349. The molecule has 1 aromatic carbocycles. The molecule has 1 aliphatic heterocycles. The van der Waals surface area contributed by atoms with Crippen LogP contribution in [0, 0.1) is 12.7 Å². The number of rotatable bonds is 5. The minimum absolute atomic E-state index is 0.0167. The highest BCUT2D eigenvalue weighted by atomic mass is 32.1. The van der Waals surface area contributed by atoms with Gasteiger partial charge in [-0.1, -0.05) is 12.1 Å². The lowest BCUT2D eigenvalue weighted by atomic mass is 10.1. The van der Waals surface area contributed by atoms with Gasteiger partial charge in [0, 0.05) is 24.5 Å². The molecule has 1 aliphatic rings. The standard InChI is InChI=1S/C21H27FN4OS/c1-4-23-21(25-15(3)16-6-5-14(2)18(22)11-16)24-12-20(27)26-9-7-19-17(13-26)8-10-28-19/h5-6,8,10-11,15H,4,7,9,12-13H2,1-3H3,(H2,23,24,25). The van der Waals surface area contributed by atoms with Crippen molar-refractivity contribution in [2.45, 2.75) is 39.8 Å². The van der Waals surface area contributed by atoms with Crippen LogP contribution in [0.25, 0.3) is 0 Å². The number of carbonyl (C=O) groups excluding carboxylic acids is 1. The Bertz CT molecular complexity index is 864. The van der Waals surface area contributed by atoms with Crippen LogP contribution in [0.3, 0.4) is 0 Å². The summed E-state index contributed by atoms with van der Waals surface area (Å²) in [6.07, 6.45) is 0.913. The van der Waals surface area contributed by atoms with Crippen molar-refractivity contribution in [3.63, 3.8) is 0 Å². The molecule has 2 heterocycles. The second-order valence-electron chi connectivity index (χ2n) is 7.00. The third kappa shape index (κ3) is 4.90. The van der Waals surface area contributed by atoms with Crippen LogP contribution in [0.15, 0.2) is 34.6 Å². The Hall–Kier alpha value is -2.41. The Kier molecular flexibility index (Phi) is 6.67. The van der Waals surface area contributed by atoms with Gasteiger partial charge in [-0.2, -0.15) is 0 Å². The van der Waals surface area contributed by atoms with E-state index in [1.54, 1.807) is 24.3 Å². The lowest BCUT2D eigenvalue weighted by Crippen LogP contribution is -2.41. The predicted octanol–water partition coefficient (Wildman–Crippen LogP) is 3.40. The summed E-state index contributed by atoms with van der Waals surface area (Å²) in [5, 5.41) is 8.49. The van der Waals surface area contributed by atoms with Crippen molar-refractivity contribution in [1.29, 1.82) is 0 Å². The molecule has 0 saturated carbocycles. The molecule has 1 atom stereocenters. The van der Waals surface area contributed by atoms with Crippen LogP contribution in [0.1, 0.15) is 41.5 Å². The topological polar surface area (TPSA) is 56.7 Å². The van der Waals surface area contributed by atoms with Crippen LogP contribution in [0.4, 0.5) is 4.39 Å². The van der Waals surface area contributed by atoms with Crippen LogP contribution >= 0.6 is 11.3 Å². The van der Waals surface area contributed by atoms with Gasteiger partial charge in [0.05, 0.1) is 6.04 Å². The summed E-state index contributed by atoms with van der Waals surface area (Å²) in [6, 6.07) is 7.17. The molecule has 0 fully saturated rings. The van der Waals surface area contributed by atoms with Crippen molar-refractivity contribution in [1.82, 2.24) is 15.5 Å². The van der Waals surface area contributed by atoms with Crippen LogP contribution < -0.4 is 10.6 Å². The van der Waals surface area contributed by atoms with E-state index in [2.05, 4.69) is 27.1 Å². The molecule has 5 nitrogen and oxygen atoms in total. The zero-order valence-corrected chi connectivity index (χ0v) is 17.4. The van der Waals surface area contributed by atoms with Gasteiger partial charge in [0.1, 0.15) is 12.4 Å². The van der Waals surface area contributed by atoms with Gasteiger partial charge in [-0.15, -0.1) is 11.3 Å². The lowest BCUT2D eigenvalue weighted by Gasteiger charge is -2.26. The molecule has 1 aromatic heterocycles. The van der Waals surface area contributed by atoms with E-state index in [0.717, 1.165) is 18.5 Å². The van der Waals surface area contributed by atoms with Gasteiger partial charge in [-0.25, -0.2) is 9.38 Å². The first-order chi connectivity index (χ1) is 13.5. The summed E-state index contributed by atoms with van der Waals surface area (Å²) in [6.45, 7) is 7.83. The second kappa shape index (κ2) is 9.19. The molecule has 1 amide bonds. The Morgan fingerprint density at radius 3 is 2.96 bits per heavy atom. The fourth-order valence-electron chi connectivity index (χ4n) is 3.19. The first kappa shape index (κ1) is 20.3. The molecule has 2 N–H and O–H groups in total. The zero-order chi connectivity index (χ0) is 20.1. The van der Waals surface area contributed by atoms with Crippen molar-refractivity contribution >= 4 is 23.2 Å². The minimum Gasteiger partial charge on any atom is -0.357 e. The summed E-state index contributed by atoms with van der Waals surface area (Å²) in [5.41, 5.74) is 2.70. The molecule has 150 valence electrons. The maximum atomic E-state index is 13.8. The molecular formula is C21H27FN4OS. The van der Waals surface area contributed by atoms with Crippen LogP contribution in [0.2, 0.25) is 0 Å². The number of amides is 1. The number of aryl methyl sites for hydroxylation is 1. The Balaban J connectivity index is 1.62. The monoisotopic (exact) mass is 402 g/mol. The Labute approximate surface area is 169 Å². The number of thiophene rings is 1. The van der Waals surface area contributed by atoms with Gasteiger partial charge >= 0.3 is 0 Å². The van der Waals surface area contributed by atoms with E-state index in [-0.39, 0.29) is 24.3 Å². The number of guanidine groups is 1. The average molecular weight is 403 g/mol. The maximum Gasteiger partial charge on any atom is 0.244 e. The van der Waals surface area contributed by atoms with Crippen molar-refractivity contribution in [3.8, 4) is 0 Å². The van der Waals surface area contributed by atoms with Crippen LogP contribution in [-0.4, -0.2) is 36.4 Å². The van der Waals surface area contributed by atoms with E-state index in [1.165, 1.54) is 16.5 Å². The third-order valence-electron chi connectivity index (χ3n) is 4.93. The Morgan fingerprint density at radius 2 is 2.21 bits per heavy atom. The van der Waals surface area contributed by atoms with Gasteiger partial charge in [0.25, 0.3) is 0 Å². The first-order valence-corrected chi connectivity index (χ1v) is 10.5. The first-order valence-electron chi connectivity index (χ1n) is 9.61. The van der Waals surface area contributed by atoms with E-state index in [9.17, 15) is 9.18 Å². The van der Waals surface area contributed by atoms with Gasteiger partial charge in [-0.3, -0.25) is 4.79 Å². The quantitative estimate of drug-likeness (QED) is 0.595. The number of nitrogens with one attached hydrogen (secondary N) is 2. The molecule has 0 radical (unpaired) electrons. The fourth-order valence-corrected chi connectivity index (χ4v) is 4.08. The number of nitrogens with zero attached hydrogens (tertiary/aromatic N) is 2. The van der Waals surface area contributed by atoms with Crippen molar-refractivity contribution in [2.24, 2.45) is 4.99 Å². The number of benzene rings is 1. The number of carbonyl (C=O) groups is 1. The molecule has 0 aliphatic carbocycles. The van der Waals surface area contributed by atoms with Crippen molar-refractivity contribution in [3.05, 3.63) is 57.0 Å². The second-order valence-corrected chi connectivity index (χ2v) is 8.00. The molecule has 3 rings (SSSR count). The third-order valence-corrected chi connectivity index (χ3v) is 5.95. The summed E-state index contributed by atoms with van der Waals surface area (Å²) in [4.78, 5) is 20.3. The number of hydrogen-bond acceptors (Lipinski definition) is 3. The number of halogens is 1. The molecule has 0 spiro atoms. The predicted molar refractivity (Wildman–Crippen MR) is 112 cm³/mol. The van der Waals surface area contributed by atoms with Gasteiger partial charge in [0.15, 0.2) is 5.96 Å². The van der Waals surface area contributed by atoms with E-state index in [4.69, 9.17) is 0 Å². The lowest BCUT2D eigenvalue weighted by molar-refractivity contribution is -0.130. The molecule has 0 saturated heterocycles. The SMILES string of the molecule is CCNC(=NCC(=O)N1CCc2sccc2C1)NC(C)c1ccc(C)c(F)c1. The van der Waals surface area contributed by atoms with Crippen molar-refractivity contribution < 1.29 is 9.18 Å². The summed E-state index contributed by atoms with van der Waals surface area (Å²) in [7, 11) is 0. The number of hydrogen-bond donors (Lipinski definition) is 2. The van der Waals surface area contributed by atoms with Gasteiger partial charge in [-0.05, 0) is 61.4 Å². The molecule has 28 heavy (non-hydrogen) atoms. The number of fused-ring (bicyclic) bond motifs is 1. The summed E-state index contributed by atoms with van der Waals surface area (Å²) < 4.78 is 13.8. The fraction of sp³-hybridized carbons (Fsp3) is 0.429. The molecular weight excluding hydrogens is 375 g/mol. The van der Waals surface area contributed by atoms with E-state index in [1.807, 2.05) is 24.8 Å². The highest BCUT2D eigenvalue weighted by Crippen LogP contribution is 2.24. The smallest absolute Gasteiger partial charge is 0.244 e. The highest BCUT2D eigenvalue weighted by Gasteiger charge is 2.21. The van der Waals surface area contributed by atoms with E-state index < -0.39 is 0 Å². The van der Waals surface area contributed by atoms with Gasteiger partial charge < -0.3 is 15.5 Å². The van der Waals surface area contributed by atoms with E-state index >= 15 is 0 Å². The van der Waals surface area contributed by atoms with Crippen molar-refractivity contribution in [2.75, 3.05) is 19.6 Å². The molecule has 7 heteroatoms. The largest absolute Gasteiger partial charge is 0.357 e. The minimum atomic E-state index is -0.221. The molecule has 0 bridgehead atoms. The van der Waals surface area contributed by atoms with Crippen LogP contribution in [-0.2, 0) is 17.8 Å².